The van der Waals surface area contributed by atoms with Gasteiger partial charge in [-0.3, -0.25) is 52.8 Å². The Bertz CT molecular complexity index is 3660. The van der Waals surface area contributed by atoms with Gasteiger partial charge in [-0.2, -0.15) is 0 Å². The molecule has 7 saturated heterocycles. The first-order chi connectivity index (χ1) is 59.7. The van der Waals surface area contributed by atoms with Gasteiger partial charge in [-0.15, -0.1) is 0 Å². The minimum Gasteiger partial charge on any atom is -0.463 e. The first-order valence-corrected chi connectivity index (χ1v) is 39.9. The number of rotatable bonds is 41. The largest absolute Gasteiger partial charge is 0.463 e. The minimum absolute atomic E-state index is 0.0197. The van der Waals surface area contributed by atoms with Gasteiger partial charge in [-0.05, 0) is 12.1 Å². The average Bonchev–Trinajstić information content (AvgIpc) is 1.64. The van der Waals surface area contributed by atoms with Crippen LogP contribution < -0.4 is 0 Å². The fourth-order valence-corrected chi connectivity index (χ4v) is 16.6. The van der Waals surface area contributed by atoms with E-state index in [1.807, 2.05) is 0 Å². The molecule has 8 heterocycles. The number of nitrogens with zero attached hydrogens (tertiary/aromatic N) is 1. The summed E-state index contributed by atoms with van der Waals surface area (Å²) in [6.07, 6.45) is -51.1. The number of ether oxygens (including phenoxy) is 34. The number of hydrogen-bond acceptors (Lipinski definition) is 45. The molecule has 0 radical (unpaired) electrons. The van der Waals surface area contributed by atoms with Crippen molar-refractivity contribution in [3.8, 4) is 0 Å². The van der Waals surface area contributed by atoms with Crippen LogP contribution in [0.2, 0.25) is 0 Å². The van der Waals surface area contributed by atoms with E-state index in [9.17, 15) is 53.1 Å². The normalized spacial score (nSPS) is 37.8. The van der Waals surface area contributed by atoms with E-state index in [0.29, 0.717) is 0 Å². The summed E-state index contributed by atoms with van der Waals surface area (Å²) >= 11 is 0. The van der Waals surface area contributed by atoms with Crippen molar-refractivity contribution < 1.29 is 214 Å². The summed E-state index contributed by atoms with van der Waals surface area (Å²) in [6, 6.07) is 5.99. The number of methoxy groups -OCH3 is 13. The third-order valence-electron chi connectivity index (χ3n) is 21.7. The zero-order chi connectivity index (χ0) is 91.5. The molecule has 9 rings (SSSR count). The van der Waals surface area contributed by atoms with Crippen molar-refractivity contribution >= 4 is 59.6 Å². The Labute approximate surface area is 720 Å². The number of aliphatic hydroxyl groups is 1. The second-order valence-corrected chi connectivity index (χ2v) is 29.8. The molecule has 1 aromatic carbocycles. The molecule has 1 aromatic rings. The van der Waals surface area contributed by atoms with E-state index >= 15 is 0 Å². The first kappa shape index (κ1) is 102. The predicted octanol–water partition coefficient (Wildman–Crippen LogP) is -1.90. The van der Waals surface area contributed by atoms with E-state index in [4.69, 9.17) is 161 Å². The molecule has 35 atom stereocenters. The maximum atomic E-state index is 14.6. The quantitative estimate of drug-likeness (QED) is 0.0425. The molecule has 0 aromatic heterocycles. The zero-order valence-corrected chi connectivity index (χ0v) is 73.3. The molecule has 0 spiro atoms. The van der Waals surface area contributed by atoms with Crippen molar-refractivity contribution in [1.29, 1.82) is 0 Å². The number of fused-ring (bicyclic) bond motifs is 1. The predicted molar refractivity (Wildman–Crippen MR) is 405 cm³/mol. The molecule has 2 amide bonds. The average molecular weight is 1800 g/mol. The molecule has 0 aliphatic carbocycles. The van der Waals surface area contributed by atoms with Gasteiger partial charge < -0.3 is 166 Å². The van der Waals surface area contributed by atoms with Crippen molar-refractivity contribution in [2.75, 3.05) is 139 Å². The summed E-state index contributed by atoms with van der Waals surface area (Å²) in [4.78, 5) is 133. The molecule has 1 N–H and O–H groups in total. The van der Waals surface area contributed by atoms with Crippen LogP contribution >= 0.6 is 0 Å². The van der Waals surface area contributed by atoms with E-state index in [0.717, 1.165) is 53.4 Å². The lowest BCUT2D eigenvalue weighted by atomic mass is 9.94. The highest BCUT2D eigenvalue weighted by Crippen LogP contribution is 2.44. The van der Waals surface area contributed by atoms with E-state index in [1.54, 1.807) is 12.1 Å². The number of hydrogen-bond donors (Lipinski definition) is 1. The second-order valence-electron chi connectivity index (χ2n) is 29.8. The SMILES string of the molecule is COCC1O[C@@H](O[C@H]2C(OC)C(OC)[C@@H](O[C@H]3C(OC)C(OC)[C@@H](O[C@H]4C(COC(C)=O)O[C@@H](O)C(OC)[C@H]4OC)O[C@@H]3COC)O[C@@H]2COC)C(OC)[C@@H](OC)[C@H]1O[C@@H]1OC(CN2C(=O)c3ccccc3C2=O)[C@H](O[C@H]2O[C@H](COC(C)=O)[C@@H](O[C@H]3O[C@H](COC(C)=O)[C@@H](OC(C)=O)C(OC(C)=O)C3OC(C)=O)C(OC(C)=O)C2OC(C)=O)[C@H](OC)C1OC. The highest BCUT2D eigenvalue weighted by molar-refractivity contribution is 6.21. The molecule has 7 fully saturated rings. The molecule has 46 heteroatoms. The standard InChI is InChI=1S/C79H117NO45/c1-33(81)105-30-47-54(57(95-12)64(100-17)73(91)113-47)124-77-68(104-21)61(99-16)53(46(117-77)29-94-11)123-76-67(103-20)60(98-15)52(45(116-76)28-93-10)122-75-66(102-19)59(97-14)51(44(115-75)27-92-9)121-74-65(101-18)58(96-13)50(43(114-74)26-80-71(89)41-24-22-23-25-42(41)72(80)90)120-78-70(112-40(8)88)63(110-38(6)86)56(49(119-78)32-107-35(3)83)125-79-69(111-39(7)87)62(109-37(5)85)55(108-36(4)84)48(118-79)31-106-34(2)82/h22-25,43-70,73-79,91H,26-32H2,1-21H3/t43?,44?,45-,46-,47?,48-,49-,50+,51+,52-,53-,54+,55-,56-,57+,58+,59+,60?,61?,62?,63?,64?,65?,66?,67?,68?,69?,70?,73-,74+,75+,76-,77-,78-,79-/m1/s1. The van der Waals surface area contributed by atoms with Crippen LogP contribution in [-0.4, -0.2) is 423 Å². The van der Waals surface area contributed by atoms with Crippen molar-refractivity contribution in [3.05, 3.63) is 35.4 Å². The summed E-state index contributed by atoms with van der Waals surface area (Å²) in [5.41, 5.74) is 0.0393. The molecular weight excluding hydrogens is 1680 g/mol. The maximum absolute atomic E-state index is 14.6. The Balaban J connectivity index is 1.03. The number of carbonyl (C=O) groups is 10. The van der Waals surface area contributed by atoms with Gasteiger partial charge in [0.25, 0.3) is 11.8 Å². The summed E-state index contributed by atoms with van der Waals surface area (Å²) in [5, 5.41) is 11.0. The third kappa shape index (κ3) is 24.4. The molecule has 0 bridgehead atoms. The number of carbonyl (C=O) groups excluding carboxylic acids is 10. The Morgan fingerprint density at radius 1 is 0.272 bits per heavy atom. The number of aliphatic hydroxyl groups excluding tert-OH is 1. The summed E-state index contributed by atoms with van der Waals surface area (Å²) in [7, 11) is 17.8. The minimum atomic E-state index is -2.07. The second kappa shape index (κ2) is 47.6. The van der Waals surface area contributed by atoms with Gasteiger partial charge in [-0.1, -0.05) is 12.1 Å². The Morgan fingerprint density at radius 2 is 0.496 bits per heavy atom. The highest BCUT2D eigenvalue weighted by atomic mass is 16.8. The van der Waals surface area contributed by atoms with E-state index in [1.165, 1.54) is 111 Å². The van der Waals surface area contributed by atoms with E-state index in [-0.39, 0.29) is 37.6 Å². The van der Waals surface area contributed by atoms with Gasteiger partial charge in [0.2, 0.25) is 0 Å². The zero-order valence-electron chi connectivity index (χ0n) is 73.3. The fourth-order valence-electron chi connectivity index (χ4n) is 16.6. The third-order valence-corrected chi connectivity index (χ3v) is 21.7. The molecule has 708 valence electrons. The van der Waals surface area contributed by atoms with Crippen LogP contribution in [0.1, 0.15) is 76.1 Å². The molecule has 46 nitrogen and oxygen atoms in total. The van der Waals surface area contributed by atoms with Crippen molar-refractivity contribution in [2.24, 2.45) is 0 Å². The Kier molecular flexibility index (Phi) is 38.7. The summed E-state index contributed by atoms with van der Waals surface area (Å²) in [5.74, 6) is -9.09. The van der Waals surface area contributed by atoms with Gasteiger partial charge in [0.15, 0.2) is 74.6 Å². The molecular formula is C79H117NO45. The topological polar surface area (TPSA) is 508 Å². The number of benzene rings is 1. The van der Waals surface area contributed by atoms with Gasteiger partial charge in [-0.25, -0.2) is 0 Å². The molecule has 125 heavy (non-hydrogen) atoms. The lowest BCUT2D eigenvalue weighted by Gasteiger charge is -2.52. The van der Waals surface area contributed by atoms with Crippen LogP contribution in [-0.2, 0) is 199 Å². The van der Waals surface area contributed by atoms with E-state index in [2.05, 4.69) is 0 Å². The molecule has 14 unspecified atom stereocenters. The summed E-state index contributed by atoms with van der Waals surface area (Å²) in [6.45, 7) is 4.99. The monoisotopic (exact) mass is 1800 g/mol. The molecule has 8 aliphatic heterocycles. The van der Waals surface area contributed by atoms with Crippen LogP contribution in [0.4, 0.5) is 0 Å². The number of amides is 2. The van der Waals surface area contributed by atoms with Crippen molar-refractivity contribution in [3.63, 3.8) is 0 Å². The van der Waals surface area contributed by atoms with Crippen LogP contribution in [0.5, 0.6) is 0 Å². The highest BCUT2D eigenvalue weighted by Gasteiger charge is 2.63. The van der Waals surface area contributed by atoms with Gasteiger partial charge in [0.1, 0.15) is 160 Å². The van der Waals surface area contributed by atoms with E-state index < -0.39 is 294 Å². The lowest BCUT2D eigenvalue weighted by molar-refractivity contribution is -0.402. The Morgan fingerprint density at radius 3 is 0.776 bits per heavy atom. The van der Waals surface area contributed by atoms with Gasteiger partial charge in [0.05, 0.1) is 37.5 Å². The van der Waals surface area contributed by atoms with Crippen molar-refractivity contribution in [2.45, 2.75) is 270 Å². The van der Waals surface area contributed by atoms with Crippen LogP contribution in [0.15, 0.2) is 24.3 Å². The van der Waals surface area contributed by atoms with Crippen LogP contribution in [0, 0.1) is 0 Å². The van der Waals surface area contributed by atoms with Gasteiger partial charge in [0, 0.05) is 148 Å². The van der Waals surface area contributed by atoms with Crippen LogP contribution in [0.3, 0.4) is 0 Å². The molecule has 0 saturated carbocycles. The first-order valence-electron chi connectivity index (χ1n) is 39.9. The van der Waals surface area contributed by atoms with Crippen LogP contribution in [0.25, 0.3) is 0 Å². The smallest absolute Gasteiger partial charge is 0.303 e. The van der Waals surface area contributed by atoms with Gasteiger partial charge >= 0.3 is 47.8 Å². The number of imide groups is 1. The van der Waals surface area contributed by atoms with Crippen molar-refractivity contribution in [1.82, 2.24) is 4.90 Å². The fraction of sp³-hybridized carbons (Fsp3) is 0.797. The molecule has 8 aliphatic rings. The Hall–Kier alpha value is -6.96. The summed E-state index contributed by atoms with van der Waals surface area (Å²) < 4.78 is 211. The number of esters is 8. The lowest BCUT2D eigenvalue weighted by Crippen LogP contribution is -2.70. The maximum Gasteiger partial charge on any atom is 0.303 e.